The maximum Gasteiger partial charge on any atom is 0.404 e. The first-order valence-corrected chi connectivity index (χ1v) is 12.5. The molecule has 0 saturated heterocycles. The lowest BCUT2D eigenvalue weighted by molar-refractivity contribution is -0.128. The Balaban J connectivity index is -0.000000282. The zero-order valence-electron chi connectivity index (χ0n) is 22.1. The van der Waals surface area contributed by atoms with Gasteiger partial charge in [-0.25, -0.2) is 4.79 Å². The minimum atomic E-state index is -0.881. The van der Waals surface area contributed by atoms with Crippen molar-refractivity contribution in [3.8, 4) is 0 Å². The van der Waals surface area contributed by atoms with E-state index >= 15 is 0 Å². The van der Waals surface area contributed by atoms with Gasteiger partial charge in [0.25, 0.3) is 0 Å². The van der Waals surface area contributed by atoms with E-state index in [1.54, 1.807) is 0 Å². The normalized spacial score (nSPS) is 9.15. The maximum atomic E-state index is 11.5. The molecule has 34 heavy (non-hydrogen) atoms. The van der Waals surface area contributed by atoms with Crippen LogP contribution in [0.1, 0.15) is 78.6 Å². The van der Waals surface area contributed by atoms with Crippen LogP contribution in [-0.2, 0) is 14.3 Å². The predicted octanol–water partition coefficient (Wildman–Crippen LogP) is 1.02. The molecular weight excluding hydrogens is 438 g/mol. The number of primary amides is 1. The highest BCUT2D eigenvalue weighted by Gasteiger charge is 2.08. The first kappa shape index (κ1) is 39.3. The molecule has 0 aliphatic carbocycles. The first-order valence-electron chi connectivity index (χ1n) is 12.5. The summed E-state index contributed by atoms with van der Waals surface area (Å²) in [4.78, 5) is 34.1. The Hall–Kier alpha value is -1.95. The minimum Gasteiger partial charge on any atom is -0.448 e. The summed E-state index contributed by atoms with van der Waals surface area (Å²) in [5, 5.41) is 2.53. The van der Waals surface area contributed by atoms with Gasteiger partial charge in [0, 0.05) is 6.54 Å². The van der Waals surface area contributed by atoms with Crippen molar-refractivity contribution in [2.75, 3.05) is 52.4 Å². The molecule has 0 aromatic rings. The van der Waals surface area contributed by atoms with Crippen LogP contribution < -0.4 is 34.0 Å². The number of nitrogens with zero attached hydrogens (tertiary/aromatic N) is 1. The molecule has 3 amide bonds. The molecule has 0 rings (SSSR count). The van der Waals surface area contributed by atoms with Crippen LogP contribution in [0.5, 0.6) is 0 Å². The number of carbonyl (C=O) groups is 3. The molecule has 0 aromatic carbocycles. The van der Waals surface area contributed by atoms with Crippen molar-refractivity contribution < 1.29 is 19.1 Å². The van der Waals surface area contributed by atoms with Crippen LogP contribution in [0.15, 0.2) is 0 Å². The lowest BCUT2D eigenvalue weighted by Crippen LogP contribution is -2.38. The van der Waals surface area contributed by atoms with E-state index in [0.717, 1.165) is 51.7 Å². The number of amides is 3. The van der Waals surface area contributed by atoms with Crippen LogP contribution in [0, 0.1) is 0 Å². The van der Waals surface area contributed by atoms with Gasteiger partial charge in [-0.2, -0.15) is 0 Å². The number of nitrogens with two attached hydrogens (primary N) is 5. The summed E-state index contributed by atoms with van der Waals surface area (Å²) in [6.45, 7) is 10.1. The Kier molecular flexibility index (Phi) is 44.3. The fourth-order valence-electron chi connectivity index (χ4n) is 2.15. The van der Waals surface area contributed by atoms with Crippen LogP contribution in [0.3, 0.4) is 0 Å². The molecule has 0 aromatic heterocycles. The van der Waals surface area contributed by atoms with Gasteiger partial charge in [-0.1, -0.05) is 52.9 Å². The molecule has 0 heterocycles. The summed E-state index contributed by atoms with van der Waals surface area (Å²) in [6, 6.07) is 0. The van der Waals surface area contributed by atoms with Gasteiger partial charge in [-0.15, -0.1) is 0 Å². The number of hydrogen-bond acceptors (Lipinski definition) is 8. The summed E-state index contributed by atoms with van der Waals surface area (Å²) in [7, 11) is 0. The van der Waals surface area contributed by atoms with E-state index in [1.807, 2.05) is 6.92 Å². The molecule has 11 heteroatoms. The van der Waals surface area contributed by atoms with Crippen molar-refractivity contribution in [1.29, 1.82) is 0 Å². The lowest BCUT2D eigenvalue weighted by Gasteiger charge is -2.16. The summed E-state index contributed by atoms with van der Waals surface area (Å²) < 4.78 is 4.47. The van der Waals surface area contributed by atoms with Crippen LogP contribution in [0.4, 0.5) is 4.79 Å². The number of hydrogen-bond donors (Lipinski definition) is 6. The number of ether oxygens (including phenoxy) is 1. The fourth-order valence-corrected chi connectivity index (χ4v) is 2.15. The van der Waals surface area contributed by atoms with E-state index in [9.17, 15) is 14.4 Å². The number of rotatable bonds is 17. The fraction of sp³-hybridized carbons (Fsp3) is 0.870. The van der Waals surface area contributed by atoms with Crippen LogP contribution in [0.25, 0.3) is 0 Å². The van der Waals surface area contributed by atoms with Gasteiger partial charge in [-0.3, -0.25) is 9.59 Å². The van der Waals surface area contributed by atoms with Crippen molar-refractivity contribution in [1.82, 2.24) is 10.2 Å². The summed E-state index contributed by atoms with van der Waals surface area (Å²) >= 11 is 0. The largest absolute Gasteiger partial charge is 0.448 e. The lowest BCUT2D eigenvalue weighted by atomic mass is 10.1. The molecular formula is C23H55N7O4. The predicted molar refractivity (Wildman–Crippen MR) is 141 cm³/mol. The molecule has 0 unspecified atom stereocenters. The summed E-state index contributed by atoms with van der Waals surface area (Å²) in [6.07, 6.45) is 9.63. The van der Waals surface area contributed by atoms with Gasteiger partial charge in [0.15, 0.2) is 0 Å². The van der Waals surface area contributed by atoms with Gasteiger partial charge in [0.1, 0.15) is 6.61 Å². The molecule has 0 spiro atoms. The van der Waals surface area contributed by atoms with Crippen molar-refractivity contribution >= 4 is 18.4 Å². The van der Waals surface area contributed by atoms with E-state index in [1.165, 1.54) is 30.6 Å². The van der Waals surface area contributed by atoms with E-state index in [-0.39, 0.29) is 25.6 Å². The quantitative estimate of drug-likeness (QED) is 0.127. The van der Waals surface area contributed by atoms with Gasteiger partial charge in [0.05, 0.1) is 13.1 Å². The second-order valence-electron chi connectivity index (χ2n) is 7.34. The van der Waals surface area contributed by atoms with E-state index in [0.29, 0.717) is 19.5 Å². The maximum absolute atomic E-state index is 11.5. The molecule has 0 radical (unpaired) electrons. The minimum absolute atomic E-state index is 0.00285. The Morgan fingerprint density at radius 2 is 1.29 bits per heavy atom. The Bertz CT molecular complexity index is 407. The topological polar surface area (TPSA) is 206 Å². The molecule has 0 atom stereocenters. The molecule has 11 N–H and O–H groups in total. The molecule has 0 bridgehead atoms. The van der Waals surface area contributed by atoms with Crippen LogP contribution in [0.2, 0.25) is 0 Å². The number of unbranched alkanes of at least 4 members (excludes halogenated alkanes) is 6. The average Bonchev–Trinajstić information content (AvgIpc) is 2.80. The third kappa shape index (κ3) is 47.7. The highest BCUT2D eigenvalue weighted by atomic mass is 16.5. The Labute approximate surface area is 207 Å². The SMILES string of the molecule is CCCCN.CCCCN.CCN.NCCCCCCCN(C=O)CC(=O)NCCOC(N)=O. The highest BCUT2D eigenvalue weighted by molar-refractivity contribution is 5.79. The molecule has 0 aliphatic rings. The number of carbonyl (C=O) groups excluding carboxylic acids is 3. The Morgan fingerprint density at radius 1 is 0.824 bits per heavy atom. The van der Waals surface area contributed by atoms with Crippen molar-refractivity contribution in [2.45, 2.75) is 78.6 Å². The van der Waals surface area contributed by atoms with E-state index in [4.69, 9.17) is 28.7 Å². The van der Waals surface area contributed by atoms with Crippen molar-refractivity contribution in [2.24, 2.45) is 28.7 Å². The highest BCUT2D eigenvalue weighted by Crippen LogP contribution is 2.03. The zero-order chi connectivity index (χ0) is 26.9. The summed E-state index contributed by atoms with van der Waals surface area (Å²) in [5.41, 5.74) is 25.3. The molecule has 206 valence electrons. The molecule has 0 aliphatic heterocycles. The first-order chi connectivity index (χ1) is 16.3. The standard InChI is InChI=1S/C13H26N4O4.2C4H11N.C2H7N/c14-6-4-2-1-3-5-8-17(11-18)10-12(19)16-7-9-21-13(15)20;2*1-2-3-4-5;1-2-3/h11H,1-10,14H2,(H2,15,20)(H,16,19);2*2-5H2,1H3;2-3H2,1H3. The van der Waals surface area contributed by atoms with Gasteiger partial charge < -0.3 is 43.6 Å². The van der Waals surface area contributed by atoms with Gasteiger partial charge in [0.2, 0.25) is 12.3 Å². The summed E-state index contributed by atoms with van der Waals surface area (Å²) in [5.74, 6) is -0.293. The van der Waals surface area contributed by atoms with Crippen LogP contribution >= 0.6 is 0 Å². The zero-order valence-corrected chi connectivity index (χ0v) is 22.1. The van der Waals surface area contributed by atoms with Crippen molar-refractivity contribution in [3.05, 3.63) is 0 Å². The second kappa shape index (κ2) is 38.3. The van der Waals surface area contributed by atoms with Crippen molar-refractivity contribution in [3.63, 3.8) is 0 Å². The average molecular weight is 494 g/mol. The van der Waals surface area contributed by atoms with Crippen LogP contribution in [-0.4, -0.2) is 75.7 Å². The van der Waals surface area contributed by atoms with E-state index < -0.39 is 6.09 Å². The smallest absolute Gasteiger partial charge is 0.404 e. The van der Waals surface area contributed by atoms with Gasteiger partial charge in [-0.05, 0) is 51.9 Å². The third-order valence-electron chi connectivity index (χ3n) is 3.93. The molecule has 0 saturated carbocycles. The second-order valence-corrected chi connectivity index (χ2v) is 7.34. The Morgan fingerprint density at radius 3 is 1.68 bits per heavy atom. The van der Waals surface area contributed by atoms with Gasteiger partial charge >= 0.3 is 6.09 Å². The third-order valence-corrected chi connectivity index (χ3v) is 3.93. The molecule has 11 nitrogen and oxygen atoms in total. The number of nitrogens with one attached hydrogen (secondary N) is 1. The monoisotopic (exact) mass is 493 g/mol. The molecule has 0 fully saturated rings. The van der Waals surface area contributed by atoms with E-state index in [2.05, 4.69) is 23.9 Å².